The minimum atomic E-state index is -1.12. The molecule has 1 aromatic carbocycles. The Hall–Kier alpha value is -1.36. The first kappa shape index (κ1) is 11.7. The minimum absolute atomic E-state index is 0.133. The van der Waals surface area contributed by atoms with Crippen molar-refractivity contribution in [2.75, 3.05) is 11.5 Å². The lowest BCUT2D eigenvalue weighted by molar-refractivity contribution is -0.384. The summed E-state index contributed by atoms with van der Waals surface area (Å²) in [5.41, 5.74) is 1.08. The van der Waals surface area contributed by atoms with Gasteiger partial charge in [-0.05, 0) is 12.1 Å². The molecule has 0 saturated carbocycles. The Morgan fingerprint density at radius 1 is 1.27 bits per heavy atom. The van der Waals surface area contributed by atoms with Gasteiger partial charge < -0.3 is 5.32 Å². The van der Waals surface area contributed by atoms with Gasteiger partial charge in [0, 0.05) is 24.0 Å². The van der Waals surface area contributed by atoms with Gasteiger partial charge >= 0.3 is 0 Å². The Morgan fingerprint density at radius 3 is 2.20 bits per heavy atom. The van der Waals surface area contributed by atoms with E-state index >= 15 is 0 Å². The number of hydrogen-bond donors (Lipinski definition) is 1. The second kappa shape index (κ2) is 4.44. The van der Waals surface area contributed by atoms with Gasteiger partial charge in [0.15, 0.2) is 0 Å². The predicted octanol–water partition coefficient (Wildman–Crippen LogP) is 2.88. The summed E-state index contributed by atoms with van der Waals surface area (Å²) >= 11 is 0. The molecule has 0 aromatic heterocycles. The first-order chi connectivity index (χ1) is 6.88. The van der Waals surface area contributed by atoms with Crippen LogP contribution in [0.2, 0.25) is 19.6 Å². The fourth-order valence-electron chi connectivity index (χ4n) is 1.07. The molecular weight excluding hydrogens is 208 g/mol. The lowest BCUT2D eigenvalue weighted by Crippen LogP contribution is -2.31. The van der Waals surface area contributed by atoms with Crippen molar-refractivity contribution in [2.45, 2.75) is 19.6 Å². The molecule has 0 aliphatic rings. The van der Waals surface area contributed by atoms with E-state index in [4.69, 9.17) is 0 Å². The van der Waals surface area contributed by atoms with Crippen molar-refractivity contribution in [3.63, 3.8) is 0 Å². The molecule has 15 heavy (non-hydrogen) atoms. The highest BCUT2D eigenvalue weighted by Gasteiger charge is 2.12. The van der Waals surface area contributed by atoms with E-state index in [0.717, 1.165) is 11.9 Å². The molecule has 1 N–H and O–H groups in total. The van der Waals surface area contributed by atoms with Gasteiger partial charge in [-0.15, -0.1) is 0 Å². The molecule has 0 fully saturated rings. The molecule has 0 radical (unpaired) electrons. The number of anilines is 1. The monoisotopic (exact) mass is 224 g/mol. The van der Waals surface area contributed by atoms with Gasteiger partial charge in [-0.3, -0.25) is 10.1 Å². The second-order valence-electron chi connectivity index (χ2n) is 4.72. The van der Waals surface area contributed by atoms with Crippen LogP contribution in [0.5, 0.6) is 0 Å². The van der Waals surface area contributed by atoms with Gasteiger partial charge in [0.2, 0.25) is 0 Å². The number of benzene rings is 1. The average Bonchev–Trinajstić information content (AvgIpc) is 2.14. The Kier molecular flexibility index (Phi) is 3.46. The molecule has 1 rings (SSSR count). The van der Waals surface area contributed by atoms with Crippen molar-refractivity contribution in [1.82, 2.24) is 0 Å². The smallest absolute Gasteiger partial charge is 0.269 e. The highest BCUT2D eigenvalue weighted by atomic mass is 28.3. The van der Waals surface area contributed by atoms with Crippen LogP contribution in [0.4, 0.5) is 11.4 Å². The lowest BCUT2D eigenvalue weighted by atomic mass is 10.3. The van der Waals surface area contributed by atoms with Crippen LogP contribution in [0.3, 0.4) is 0 Å². The Balaban J connectivity index is 2.61. The summed E-state index contributed by atoms with van der Waals surface area (Å²) < 4.78 is 0. The number of non-ortho nitro benzene ring substituents is 1. The van der Waals surface area contributed by atoms with E-state index in [-0.39, 0.29) is 10.6 Å². The van der Waals surface area contributed by atoms with Crippen LogP contribution in [0.1, 0.15) is 0 Å². The molecule has 5 heteroatoms. The number of nitrogens with one attached hydrogen (secondary N) is 1. The summed E-state index contributed by atoms with van der Waals surface area (Å²) in [6.45, 7) is 6.81. The van der Waals surface area contributed by atoms with Gasteiger partial charge in [-0.25, -0.2) is 0 Å². The zero-order chi connectivity index (χ0) is 11.5. The third-order valence-electron chi connectivity index (χ3n) is 1.90. The van der Waals surface area contributed by atoms with Gasteiger partial charge in [0.1, 0.15) is 0 Å². The second-order valence-corrected chi connectivity index (χ2v) is 10.2. The van der Waals surface area contributed by atoms with E-state index < -0.39 is 8.07 Å². The van der Waals surface area contributed by atoms with E-state index in [2.05, 4.69) is 25.0 Å². The van der Waals surface area contributed by atoms with E-state index in [1.165, 1.54) is 12.1 Å². The maximum absolute atomic E-state index is 10.4. The topological polar surface area (TPSA) is 55.2 Å². The van der Waals surface area contributed by atoms with Crippen LogP contribution in [-0.4, -0.2) is 19.2 Å². The molecule has 0 aliphatic heterocycles. The molecule has 0 saturated heterocycles. The number of rotatable bonds is 4. The largest absolute Gasteiger partial charge is 0.388 e. The van der Waals surface area contributed by atoms with E-state index in [1.807, 2.05) is 0 Å². The van der Waals surface area contributed by atoms with Crippen LogP contribution in [-0.2, 0) is 0 Å². The van der Waals surface area contributed by atoms with Crippen molar-refractivity contribution in [1.29, 1.82) is 0 Å². The van der Waals surface area contributed by atoms with Crippen LogP contribution >= 0.6 is 0 Å². The fourth-order valence-corrected chi connectivity index (χ4v) is 1.80. The summed E-state index contributed by atoms with van der Waals surface area (Å²) in [4.78, 5) is 10.0. The Labute approximate surface area is 90.5 Å². The third-order valence-corrected chi connectivity index (χ3v) is 3.14. The van der Waals surface area contributed by atoms with Crippen molar-refractivity contribution in [3.05, 3.63) is 34.4 Å². The highest BCUT2D eigenvalue weighted by Crippen LogP contribution is 2.15. The van der Waals surface area contributed by atoms with Crippen molar-refractivity contribution in [2.24, 2.45) is 0 Å². The van der Waals surface area contributed by atoms with Gasteiger partial charge in [0.25, 0.3) is 5.69 Å². The molecule has 1 aromatic rings. The van der Waals surface area contributed by atoms with E-state index in [9.17, 15) is 10.1 Å². The summed E-state index contributed by atoms with van der Waals surface area (Å²) in [7, 11) is -1.12. The molecule has 0 bridgehead atoms. The minimum Gasteiger partial charge on any atom is -0.388 e. The van der Waals surface area contributed by atoms with Crippen molar-refractivity contribution < 1.29 is 4.92 Å². The molecular formula is C10H16N2O2Si. The van der Waals surface area contributed by atoms with E-state index in [1.54, 1.807) is 12.1 Å². The molecule has 0 spiro atoms. The first-order valence-corrected chi connectivity index (χ1v) is 8.57. The van der Waals surface area contributed by atoms with Crippen LogP contribution in [0, 0.1) is 10.1 Å². The molecule has 4 nitrogen and oxygen atoms in total. The number of hydrogen-bond acceptors (Lipinski definition) is 3. The van der Waals surface area contributed by atoms with Crippen molar-refractivity contribution >= 4 is 19.4 Å². The first-order valence-electron chi connectivity index (χ1n) is 4.87. The van der Waals surface area contributed by atoms with Crippen LogP contribution in [0.25, 0.3) is 0 Å². The maximum Gasteiger partial charge on any atom is 0.269 e. The molecule has 0 atom stereocenters. The molecule has 0 amide bonds. The number of nitro benzene ring substituents is 1. The maximum atomic E-state index is 10.4. The average molecular weight is 224 g/mol. The van der Waals surface area contributed by atoms with Crippen LogP contribution < -0.4 is 5.32 Å². The summed E-state index contributed by atoms with van der Waals surface area (Å²) in [6.07, 6.45) is 0.977. The summed E-state index contributed by atoms with van der Waals surface area (Å²) in [6, 6.07) is 6.54. The zero-order valence-electron chi connectivity index (χ0n) is 9.28. The van der Waals surface area contributed by atoms with Crippen molar-refractivity contribution in [3.8, 4) is 0 Å². The molecule has 0 heterocycles. The SMILES string of the molecule is C[Si](C)(C)CNc1ccc([N+](=O)[O-])cc1. The van der Waals surface area contributed by atoms with Gasteiger partial charge in [-0.2, -0.15) is 0 Å². The molecule has 82 valence electrons. The number of nitrogens with zero attached hydrogens (tertiary/aromatic N) is 1. The highest BCUT2D eigenvalue weighted by molar-refractivity contribution is 6.76. The fraction of sp³-hybridized carbons (Fsp3) is 0.400. The lowest BCUT2D eigenvalue weighted by Gasteiger charge is -2.17. The Bertz CT molecular complexity index is 343. The standard InChI is InChI=1S/C10H16N2O2Si/c1-15(2,3)8-11-9-4-6-10(7-5-9)12(13)14/h4-7,11H,8H2,1-3H3. The third kappa shape index (κ3) is 4.12. The zero-order valence-corrected chi connectivity index (χ0v) is 10.3. The van der Waals surface area contributed by atoms with Gasteiger partial charge in [0.05, 0.1) is 13.0 Å². The normalized spacial score (nSPS) is 11.1. The molecule has 0 aliphatic carbocycles. The predicted molar refractivity (Wildman–Crippen MR) is 64.9 cm³/mol. The van der Waals surface area contributed by atoms with Gasteiger partial charge in [-0.1, -0.05) is 19.6 Å². The Morgan fingerprint density at radius 2 is 1.80 bits per heavy atom. The molecule has 0 unspecified atom stereocenters. The number of nitro groups is 1. The van der Waals surface area contributed by atoms with E-state index in [0.29, 0.717) is 0 Å². The summed E-state index contributed by atoms with van der Waals surface area (Å²) in [5, 5.41) is 13.7. The summed E-state index contributed by atoms with van der Waals surface area (Å²) in [5.74, 6) is 0. The van der Waals surface area contributed by atoms with Crippen LogP contribution in [0.15, 0.2) is 24.3 Å². The quantitative estimate of drug-likeness (QED) is 0.486.